The Labute approximate surface area is 149 Å². The number of hydrogen-bond donors (Lipinski definition) is 1. The van der Waals surface area contributed by atoms with Crippen LogP contribution in [0.5, 0.6) is 0 Å². The van der Waals surface area contributed by atoms with Gasteiger partial charge >= 0.3 is 0 Å². The molecule has 8 heteroatoms. The van der Waals surface area contributed by atoms with Crippen LogP contribution in [0, 0.1) is 30.9 Å². The van der Waals surface area contributed by atoms with E-state index in [1.54, 1.807) is 18.3 Å². The van der Waals surface area contributed by atoms with E-state index in [2.05, 4.69) is 15.4 Å². The van der Waals surface area contributed by atoms with E-state index in [4.69, 9.17) is 0 Å². The molecule has 0 atom stereocenters. The van der Waals surface area contributed by atoms with E-state index >= 15 is 0 Å². The van der Waals surface area contributed by atoms with Gasteiger partial charge < -0.3 is 5.32 Å². The highest BCUT2D eigenvalue weighted by atomic mass is 16.6. The number of aromatic nitrogens is 3. The summed E-state index contributed by atoms with van der Waals surface area (Å²) in [5.41, 5.74) is 4.26. The Kier molecular flexibility index (Phi) is 4.49. The van der Waals surface area contributed by atoms with Gasteiger partial charge in [0, 0.05) is 24.0 Å². The van der Waals surface area contributed by atoms with Crippen LogP contribution in [0.1, 0.15) is 27.3 Å². The number of non-ortho nitro benzene ring substituents is 1. The number of pyridine rings is 1. The molecular formula is C18H17N5O3. The number of benzene rings is 1. The fraction of sp³-hybridized carbons (Fsp3) is 0.167. The number of carbonyl (C=O) groups excluding carboxylic acids is 1. The highest BCUT2D eigenvalue weighted by Crippen LogP contribution is 2.20. The average molecular weight is 351 g/mol. The highest BCUT2D eigenvalue weighted by Gasteiger charge is 2.14. The van der Waals surface area contributed by atoms with Crippen LogP contribution in [0.25, 0.3) is 5.69 Å². The fourth-order valence-electron chi connectivity index (χ4n) is 2.71. The second kappa shape index (κ2) is 6.75. The van der Waals surface area contributed by atoms with Crippen molar-refractivity contribution in [2.75, 3.05) is 5.32 Å². The number of carbonyl (C=O) groups is 1. The summed E-state index contributed by atoms with van der Waals surface area (Å²) in [5, 5.41) is 17.7. The lowest BCUT2D eigenvalue weighted by Crippen LogP contribution is -2.14. The molecule has 1 aromatic carbocycles. The lowest BCUT2D eigenvalue weighted by molar-refractivity contribution is -0.384. The number of amides is 1. The minimum absolute atomic E-state index is 0.00306. The first-order valence-electron chi connectivity index (χ1n) is 7.91. The molecule has 2 heterocycles. The Morgan fingerprint density at radius 3 is 2.50 bits per heavy atom. The van der Waals surface area contributed by atoms with E-state index in [0.29, 0.717) is 16.9 Å². The second-order valence-electron chi connectivity index (χ2n) is 5.94. The number of nitro groups is 1. The van der Waals surface area contributed by atoms with Gasteiger partial charge in [-0.05, 0) is 44.5 Å². The van der Waals surface area contributed by atoms with Crippen LogP contribution < -0.4 is 5.32 Å². The van der Waals surface area contributed by atoms with Crippen molar-refractivity contribution in [3.63, 3.8) is 0 Å². The monoisotopic (exact) mass is 351 g/mol. The topological polar surface area (TPSA) is 103 Å². The molecule has 0 spiro atoms. The molecule has 3 aromatic rings. The third-order valence-electron chi connectivity index (χ3n) is 3.93. The van der Waals surface area contributed by atoms with Crippen LogP contribution in [-0.4, -0.2) is 25.6 Å². The minimum Gasteiger partial charge on any atom is -0.320 e. The molecule has 3 rings (SSSR count). The van der Waals surface area contributed by atoms with Crippen molar-refractivity contribution in [3.05, 3.63) is 75.4 Å². The van der Waals surface area contributed by atoms with Crippen molar-refractivity contribution in [1.29, 1.82) is 0 Å². The first-order chi connectivity index (χ1) is 12.3. The molecule has 0 fully saturated rings. The van der Waals surface area contributed by atoms with Crippen LogP contribution in [0.4, 0.5) is 11.4 Å². The van der Waals surface area contributed by atoms with Gasteiger partial charge in [0.15, 0.2) is 0 Å². The van der Waals surface area contributed by atoms with Crippen molar-refractivity contribution >= 4 is 17.3 Å². The van der Waals surface area contributed by atoms with Crippen LogP contribution in [0.3, 0.4) is 0 Å². The molecule has 8 nitrogen and oxygen atoms in total. The third kappa shape index (κ3) is 3.44. The van der Waals surface area contributed by atoms with E-state index in [0.717, 1.165) is 17.0 Å². The molecule has 0 radical (unpaired) electrons. The molecule has 0 unspecified atom stereocenters. The van der Waals surface area contributed by atoms with E-state index < -0.39 is 4.92 Å². The minimum atomic E-state index is -0.466. The molecule has 1 N–H and O–H groups in total. The van der Waals surface area contributed by atoms with Crippen molar-refractivity contribution in [2.45, 2.75) is 20.8 Å². The third-order valence-corrected chi connectivity index (χ3v) is 3.93. The van der Waals surface area contributed by atoms with Crippen LogP contribution in [-0.2, 0) is 0 Å². The number of anilines is 1. The second-order valence-corrected chi connectivity index (χ2v) is 5.94. The molecule has 0 aliphatic carbocycles. The molecule has 26 heavy (non-hydrogen) atoms. The smallest absolute Gasteiger partial charge is 0.269 e. The van der Waals surface area contributed by atoms with Gasteiger partial charge in [-0.1, -0.05) is 0 Å². The zero-order valence-electron chi connectivity index (χ0n) is 14.6. The zero-order chi connectivity index (χ0) is 18.8. The summed E-state index contributed by atoms with van der Waals surface area (Å²) in [7, 11) is 0. The van der Waals surface area contributed by atoms with Crippen molar-refractivity contribution < 1.29 is 9.72 Å². The number of hydrogen-bond acceptors (Lipinski definition) is 5. The van der Waals surface area contributed by atoms with Gasteiger partial charge in [-0.3, -0.25) is 19.9 Å². The Morgan fingerprint density at radius 2 is 1.88 bits per heavy atom. The van der Waals surface area contributed by atoms with Gasteiger partial charge in [-0.15, -0.1) is 0 Å². The average Bonchev–Trinajstić information content (AvgIpc) is 3.08. The maximum absolute atomic E-state index is 12.5. The Morgan fingerprint density at radius 1 is 1.19 bits per heavy atom. The maximum atomic E-state index is 12.5. The summed E-state index contributed by atoms with van der Waals surface area (Å²) < 4.78 is 1.49. The van der Waals surface area contributed by atoms with Gasteiger partial charge in [0.2, 0.25) is 0 Å². The quantitative estimate of drug-likeness (QED) is 0.573. The van der Waals surface area contributed by atoms with Gasteiger partial charge in [-0.2, -0.15) is 5.10 Å². The first kappa shape index (κ1) is 17.3. The van der Waals surface area contributed by atoms with E-state index in [9.17, 15) is 14.9 Å². The Balaban J connectivity index is 1.81. The lowest BCUT2D eigenvalue weighted by atomic mass is 10.1. The summed E-state index contributed by atoms with van der Waals surface area (Å²) in [5.74, 6) is -0.296. The molecule has 132 valence electrons. The van der Waals surface area contributed by atoms with Crippen LogP contribution in [0.2, 0.25) is 0 Å². The standard InChI is InChI=1S/C18H17N5O3/c1-11-8-12(2)20-13(3)17(11)21-18(24)14-9-19-22(10-14)15-4-6-16(7-5-15)23(25)26/h4-10H,1-3H3,(H,21,24). The zero-order valence-corrected chi connectivity index (χ0v) is 14.6. The van der Waals surface area contributed by atoms with Crippen molar-refractivity contribution in [1.82, 2.24) is 14.8 Å². The van der Waals surface area contributed by atoms with E-state index in [-0.39, 0.29) is 11.6 Å². The predicted molar refractivity (Wildman–Crippen MR) is 96.6 cm³/mol. The summed E-state index contributed by atoms with van der Waals surface area (Å²) >= 11 is 0. The molecule has 0 saturated carbocycles. The Bertz CT molecular complexity index is 969. The van der Waals surface area contributed by atoms with E-state index in [1.807, 2.05) is 26.8 Å². The predicted octanol–water partition coefficient (Wildman–Crippen LogP) is 3.35. The number of rotatable bonds is 4. The van der Waals surface area contributed by atoms with E-state index in [1.165, 1.54) is 23.0 Å². The van der Waals surface area contributed by atoms with Gasteiger partial charge in [0.25, 0.3) is 11.6 Å². The fourth-order valence-corrected chi connectivity index (χ4v) is 2.71. The molecule has 0 saturated heterocycles. The summed E-state index contributed by atoms with van der Waals surface area (Å²) in [6.07, 6.45) is 3.02. The molecule has 0 bridgehead atoms. The molecule has 2 aromatic heterocycles. The SMILES string of the molecule is Cc1cc(C)c(NC(=O)c2cnn(-c3ccc([N+](=O)[O-])cc3)c2)c(C)n1. The van der Waals surface area contributed by atoms with Crippen LogP contribution in [0.15, 0.2) is 42.7 Å². The lowest BCUT2D eigenvalue weighted by Gasteiger charge is -2.11. The maximum Gasteiger partial charge on any atom is 0.269 e. The summed E-state index contributed by atoms with van der Waals surface area (Å²) in [4.78, 5) is 27.1. The normalized spacial score (nSPS) is 10.6. The number of nitro benzene ring substituents is 1. The van der Waals surface area contributed by atoms with Gasteiger partial charge in [-0.25, -0.2) is 4.68 Å². The highest BCUT2D eigenvalue weighted by molar-refractivity contribution is 6.04. The number of nitrogens with one attached hydrogen (secondary N) is 1. The molecule has 0 aliphatic rings. The van der Waals surface area contributed by atoms with Crippen LogP contribution >= 0.6 is 0 Å². The first-order valence-corrected chi connectivity index (χ1v) is 7.91. The van der Waals surface area contributed by atoms with Gasteiger partial charge in [0.1, 0.15) is 0 Å². The number of aryl methyl sites for hydroxylation is 3. The molecule has 1 amide bonds. The van der Waals surface area contributed by atoms with Crippen molar-refractivity contribution in [3.8, 4) is 5.69 Å². The van der Waals surface area contributed by atoms with Gasteiger partial charge in [0.05, 0.1) is 33.8 Å². The summed E-state index contributed by atoms with van der Waals surface area (Å²) in [6.45, 7) is 5.66. The van der Waals surface area contributed by atoms with Crippen molar-refractivity contribution in [2.24, 2.45) is 0 Å². The largest absolute Gasteiger partial charge is 0.320 e. The Hall–Kier alpha value is -3.55. The molecule has 0 aliphatic heterocycles. The summed E-state index contributed by atoms with van der Waals surface area (Å²) in [6, 6.07) is 7.84. The number of nitrogens with zero attached hydrogens (tertiary/aromatic N) is 4. The molecular weight excluding hydrogens is 334 g/mol.